The number of nitrogens with zero attached hydrogens (tertiary/aromatic N) is 2. The molecule has 1 aromatic heterocycles. The lowest BCUT2D eigenvalue weighted by Gasteiger charge is -2.42. The lowest BCUT2D eigenvalue weighted by molar-refractivity contribution is -0.143. The van der Waals surface area contributed by atoms with Gasteiger partial charge >= 0.3 is 12.1 Å². The quantitative estimate of drug-likeness (QED) is 0.918. The molecule has 0 spiro atoms. The average Bonchev–Trinajstić information content (AvgIpc) is 2.26. The number of halogens is 3. The van der Waals surface area contributed by atoms with E-state index in [1.165, 1.54) is 6.07 Å². The zero-order valence-electron chi connectivity index (χ0n) is 10.2. The second kappa shape index (κ2) is 4.71. The Labute approximate surface area is 107 Å². The van der Waals surface area contributed by atoms with E-state index in [0.717, 1.165) is 12.3 Å². The van der Waals surface area contributed by atoms with Gasteiger partial charge in [0.1, 0.15) is 5.82 Å². The zero-order valence-corrected chi connectivity index (χ0v) is 10.2. The van der Waals surface area contributed by atoms with Crippen LogP contribution >= 0.6 is 0 Å². The topological polar surface area (TPSA) is 53.4 Å². The van der Waals surface area contributed by atoms with E-state index in [1.54, 1.807) is 11.8 Å². The minimum absolute atomic E-state index is 0.0154. The van der Waals surface area contributed by atoms with Crippen molar-refractivity contribution in [3.05, 3.63) is 23.9 Å². The second-order valence-electron chi connectivity index (χ2n) is 4.69. The maximum absolute atomic E-state index is 12.4. The summed E-state index contributed by atoms with van der Waals surface area (Å²) < 4.78 is 37.1. The van der Waals surface area contributed by atoms with Crippen LogP contribution in [0, 0.1) is 11.8 Å². The monoisotopic (exact) mass is 274 g/mol. The first-order valence-electron chi connectivity index (χ1n) is 5.80. The largest absolute Gasteiger partial charge is 0.481 e. The number of hydrogen-bond acceptors (Lipinski definition) is 3. The number of carbonyl (C=O) groups is 1. The molecule has 2 rings (SSSR count). The predicted molar refractivity (Wildman–Crippen MR) is 61.7 cm³/mol. The third-order valence-corrected chi connectivity index (χ3v) is 3.41. The van der Waals surface area contributed by atoms with Gasteiger partial charge in [-0.25, -0.2) is 4.98 Å². The van der Waals surface area contributed by atoms with E-state index in [4.69, 9.17) is 5.11 Å². The van der Waals surface area contributed by atoms with Crippen LogP contribution in [0.2, 0.25) is 0 Å². The van der Waals surface area contributed by atoms with Gasteiger partial charge in [-0.3, -0.25) is 4.79 Å². The van der Waals surface area contributed by atoms with Crippen LogP contribution < -0.4 is 4.90 Å². The molecule has 1 atom stereocenters. The lowest BCUT2D eigenvalue weighted by atomic mass is 9.87. The van der Waals surface area contributed by atoms with Gasteiger partial charge < -0.3 is 10.0 Å². The molecule has 0 radical (unpaired) electrons. The van der Waals surface area contributed by atoms with E-state index in [-0.39, 0.29) is 5.92 Å². The minimum atomic E-state index is -4.39. The van der Waals surface area contributed by atoms with Crippen LogP contribution in [0.1, 0.15) is 12.5 Å². The molecule has 0 amide bonds. The van der Waals surface area contributed by atoms with E-state index in [9.17, 15) is 18.0 Å². The Morgan fingerprint density at radius 1 is 1.47 bits per heavy atom. The summed E-state index contributed by atoms with van der Waals surface area (Å²) >= 11 is 0. The molecular weight excluding hydrogens is 261 g/mol. The fourth-order valence-electron chi connectivity index (χ4n) is 1.96. The van der Waals surface area contributed by atoms with Gasteiger partial charge in [0.15, 0.2) is 0 Å². The molecule has 1 unspecified atom stereocenters. The van der Waals surface area contributed by atoms with Crippen molar-refractivity contribution < 1.29 is 23.1 Å². The Bertz CT molecular complexity index is 467. The molecule has 2 heterocycles. The SMILES string of the molecule is CC(C(=O)O)C1CN(c2ccc(C(F)(F)F)cn2)C1. The Balaban J connectivity index is 1.97. The van der Waals surface area contributed by atoms with Crippen LogP contribution in [0.3, 0.4) is 0 Å². The number of hydrogen-bond donors (Lipinski definition) is 1. The summed E-state index contributed by atoms with van der Waals surface area (Å²) in [5.74, 6) is -0.848. The number of anilines is 1. The van der Waals surface area contributed by atoms with Crippen LogP contribution in [0.25, 0.3) is 0 Å². The predicted octanol–water partition coefficient (Wildman–Crippen LogP) is 2.26. The summed E-state index contributed by atoms with van der Waals surface area (Å²) in [4.78, 5) is 16.3. The van der Waals surface area contributed by atoms with E-state index in [0.29, 0.717) is 18.9 Å². The number of aromatic nitrogens is 1. The van der Waals surface area contributed by atoms with Crippen molar-refractivity contribution in [2.75, 3.05) is 18.0 Å². The van der Waals surface area contributed by atoms with Gasteiger partial charge in [-0.05, 0) is 12.1 Å². The van der Waals surface area contributed by atoms with Crippen molar-refractivity contribution in [2.24, 2.45) is 11.8 Å². The molecule has 0 aliphatic carbocycles. The van der Waals surface area contributed by atoms with Crippen LogP contribution in [0.15, 0.2) is 18.3 Å². The van der Waals surface area contributed by atoms with Gasteiger partial charge in [0.2, 0.25) is 0 Å². The second-order valence-corrected chi connectivity index (χ2v) is 4.69. The first kappa shape index (κ1) is 13.6. The summed E-state index contributed by atoms with van der Waals surface area (Å²) in [6.45, 7) is 2.64. The maximum Gasteiger partial charge on any atom is 0.417 e. The fourth-order valence-corrected chi connectivity index (χ4v) is 1.96. The molecule has 4 nitrogen and oxygen atoms in total. The molecule has 0 saturated carbocycles. The number of rotatable bonds is 3. The minimum Gasteiger partial charge on any atom is -0.481 e. The van der Waals surface area contributed by atoms with Gasteiger partial charge in [-0.1, -0.05) is 6.92 Å². The van der Waals surface area contributed by atoms with Gasteiger partial charge in [0, 0.05) is 25.2 Å². The standard InChI is InChI=1S/C12H13F3N2O2/c1-7(11(18)19)8-5-17(6-8)10-3-2-9(4-16-10)12(13,14)15/h2-4,7-8H,5-6H2,1H3,(H,18,19). The first-order chi connectivity index (χ1) is 8.79. The molecule has 1 saturated heterocycles. The smallest absolute Gasteiger partial charge is 0.417 e. The number of alkyl halides is 3. The summed E-state index contributed by atoms with van der Waals surface area (Å²) in [6.07, 6.45) is -3.59. The summed E-state index contributed by atoms with van der Waals surface area (Å²) in [7, 11) is 0. The lowest BCUT2D eigenvalue weighted by Crippen LogP contribution is -2.51. The van der Waals surface area contributed by atoms with E-state index in [2.05, 4.69) is 4.98 Å². The zero-order chi connectivity index (χ0) is 14.2. The average molecular weight is 274 g/mol. The molecular formula is C12H13F3N2O2. The molecule has 1 aliphatic heterocycles. The summed E-state index contributed by atoms with van der Waals surface area (Å²) in [6, 6.07) is 2.29. The highest BCUT2D eigenvalue weighted by Gasteiger charge is 2.36. The van der Waals surface area contributed by atoms with E-state index in [1.807, 2.05) is 0 Å². The van der Waals surface area contributed by atoms with Gasteiger partial charge in [0.25, 0.3) is 0 Å². The Kier molecular flexibility index (Phi) is 3.38. The fraction of sp³-hybridized carbons (Fsp3) is 0.500. The summed E-state index contributed by atoms with van der Waals surface area (Å²) in [5, 5.41) is 8.84. The van der Waals surface area contributed by atoms with Crippen molar-refractivity contribution in [1.82, 2.24) is 4.98 Å². The highest BCUT2D eigenvalue weighted by Crippen LogP contribution is 2.32. The van der Waals surface area contributed by atoms with Gasteiger partial charge in [-0.2, -0.15) is 13.2 Å². The third-order valence-electron chi connectivity index (χ3n) is 3.41. The summed E-state index contributed by atoms with van der Waals surface area (Å²) in [5.41, 5.74) is -0.785. The molecule has 104 valence electrons. The molecule has 0 bridgehead atoms. The van der Waals surface area contributed by atoms with E-state index < -0.39 is 23.6 Å². The molecule has 1 aromatic rings. The van der Waals surface area contributed by atoms with Crippen molar-refractivity contribution in [2.45, 2.75) is 13.1 Å². The molecule has 7 heteroatoms. The highest BCUT2D eigenvalue weighted by atomic mass is 19.4. The molecule has 1 fully saturated rings. The van der Waals surface area contributed by atoms with Gasteiger partial charge in [-0.15, -0.1) is 0 Å². The first-order valence-corrected chi connectivity index (χ1v) is 5.80. The van der Waals surface area contributed by atoms with Crippen LogP contribution in [-0.4, -0.2) is 29.1 Å². The number of carboxylic acid groups (broad SMARTS) is 1. The van der Waals surface area contributed by atoms with Gasteiger partial charge in [0.05, 0.1) is 11.5 Å². The van der Waals surface area contributed by atoms with E-state index >= 15 is 0 Å². The highest BCUT2D eigenvalue weighted by molar-refractivity contribution is 5.70. The maximum atomic E-state index is 12.4. The molecule has 0 aromatic carbocycles. The van der Waals surface area contributed by atoms with Crippen molar-refractivity contribution in [1.29, 1.82) is 0 Å². The van der Waals surface area contributed by atoms with Crippen molar-refractivity contribution in [3.63, 3.8) is 0 Å². The van der Waals surface area contributed by atoms with Crippen molar-refractivity contribution >= 4 is 11.8 Å². The molecule has 19 heavy (non-hydrogen) atoms. The Morgan fingerprint density at radius 2 is 2.11 bits per heavy atom. The third kappa shape index (κ3) is 2.80. The Morgan fingerprint density at radius 3 is 2.53 bits per heavy atom. The number of pyridine rings is 1. The number of aliphatic carboxylic acids is 1. The van der Waals surface area contributed by atoms with Crippen LogP contribution in [0.5, 0.6) is 0 Å². The van der Waals surface area contributed by atoms with Crippen molar-refractivity contribution in [3.8, 4) is 0 Å². The normalized spacial score (nSPS) is 18.0. The van der Waals surface area contributed by atoms with Crippen LogP contribution in [-0.2, 0) is 11.0 Å². The number of carboxylic acids is 1. The van der Waals surface area contributed by atoms with Crippen LogP contribution in [0.4, 0.5) is 19.0 Å². The molecule has 1 aliphatic rings. The Hall–Kier alpha value is -1.79. The molecule has 1 N–H and O–H groups in total.